The van der Waals surface area contributed by atoms with Gasteiger partial charge < -0.3 is 15.2 Å². The van der Waals surface area contributed by atoms with Gasteiger partial charge in [-0.1, -0.05) is 0 Å². The molecule has 1 aromatic rings. The Kier molecular flexibility index (Phi) is 4.72. The van der Waals surface area contributed by atoms with Gasteiger partial charge in [-0.25, -0.2) is 0 Å². The number of hydrogen-bond acceptors (Lipinski definition) is 3. The zero-order valence-corrected chi connectivity index (χ0v) is 9.62. The van der Waals surface area contributed by atoms with E-state index in [-0.39, 0.29) is 11.5 Å². The van der Waals surface area contributed by atoms with Gasteiger partial charge in [0.05, 0.1) is 5.56 Å². The van der Waals surface area contributed by atoms with Crippen molar-refractivity contribution < 1.29 is 4.79 Å². The highest BCUT2D eigenvalue weighted by Gasteiger charge is 2.03. The molecule has 0 bridgehead atoms. The van der Waals surface area contributed by atoms with E-state index < -0.39 is 0 Å². The molecular weight excluding hydrogens is 206 g/mol. The molecule has 0 saturated carbocycles. The molecule has 0 aliphatic carbocycles. The number of nitrogens with zero attached hydrogens (tertiary/aromatic N) is 1. The normalized spacial score (nSPS) is 10.4. The molecule has 0 radical (unpaired) electrons. The van der Waals surface area contributed by atoms with Gasteiger partial charge >= 0.3 is 0 Å². The zero-order valence-electron chi connectivity index (χ0n) is 9.62. The first-order valence-corrected chi connectivity index (χ1v) is 5.21. The summed E-state index contributed by atoms with van der Waals surface area (Å²) in [6.07, 6.45) is 2.33. The second-order valence-corrected chi connectivity index (χ2v) is 3.85. The largest absolute Gasteiger partial charge is 0.352 e. The first kappa shape index (κ1) is 12.4. The molecule has 2 N–H and O–H groups in total. The van der Waals surface area contributed by atoms with E-state index >= 15 is 0 Å². The first-order valence-electron chi connectivity index (χ1n) is 5.21. The summed E-state index contributed by atoms with van der Waals surface area (Å²) in [6, 6.07) is 2.86. The van der Waals surface area contributed by atoms with Gasteiger partial charge in [-0.2, -0.15) is 0 Å². The molecule has 88 valence electrons. The molecule has 0 fully saturated rings. The lowest BCUT2D eigenvalue weighted by atomic mass is 10.2. The maximum atomic E-state index is 11.6. The smallest absolute Gasteiger partial charge is 0.252 e. The van der Waals surface area contributed by atoms with Crippen LogP contribution in [0.15, 0.2) is 23.1 Å². The van der Waals surface area contributed by atoms with Crippen LogP contribution in [0.1, 0.15) is 16.8 Å². The Labute approximate surface area is 94.5 Å². The van der Waals surface area contributed by atoms with Crippen LogP contribution in [0, 0.1) is 0 Å². The van der Waals surface area contributed by atoms with Crippen LogP contribution in [0.25, 0.3) is 0 Å². The van der Waals surface area contributed by atoms with Crippen LogP contribution < -0.4 is 10.9 Å². The highest BCUT2D eigenvalue weighted by atomic mass is 16.1. The Morgan fingerprint density at radius 2 is 2.19 bits per heavy atom. The molecule has 16 heavy (non-hydrogen) atoms. The molecule has 0 aliphatic heterocycles. The first-order chi connectivity index (χ1) is 7.59. The average Bonchev–Trinajstić information content (AvgIpc) is 2.25. The minimum atomic E-state index is -0.204. The van der Waals surface area contributed by atoms with Crippen LogP contribution in [0.3, 0.4) is 0 Å². The minimum Gasteiger partial charge on any atom is -0.352 e. The predicted octanol–water partition coefficient (Wildman–Crippen LogP) is 0.0564. The van der Waals surface area contributed by atoms with E-state index in [1.807, 2.05) is 14.1 Å². The molecule has 1 heterocycles. The molecule has 1 rings (SSSR count). The Morgan fingerprint density at radius 1 is 1.44 bits per heavy atom. The Hall–Kier alpha value is -1.62. The fourth-order valence-corrected chi connectivity index (χ4v) is 1.25. The van der Waals surface area contributed by atoms with Gasteiger partial charge in [0.1, 0.15) is 0 Å². The number of pyridine rings is 1. The number of aromatic nitrogens is 1. The Bertz CT molecular complexity index is 378. The van der Waals surface area contributed by atoms with Gasteiger partial charge in [0.2, 0.25) is 5.56 Å². The summed E-state index contributed by atoms with van der Waals surface area (Å²) in [5.74, 6) is -0.157. The molecule has 0 aromatic carbocycles. The fourth-order valence-electron chi connectivity index (χ4n) is 1.25. The Balaban J connectivity index is 2.35. The summed E-state index contributed by atoms with van der Waals surface area (Å²) in [4.78, 5) is 26.9. The topological polar surface area (TPSA) is 65.2 Å². The number of carbonyl (C=O) groups excluding carboxylic acids is 1. The molecule has 0 spiro atoms. The zero-order chi connectivity index (χ0) is 12.0. The van der Waals surface area contributed by atoms with Crippen molar-refractivity contribution in [3.05, 3.63) is 34.2 Å². The maximum absolute atomic E-state index is 11.6. The molecule has 5 heteroatoms. The predicted molar refractivity (Wildman–Crippen MR) is 62.6 cm³/mol. The van der Waals surface area contributed by atoms with E-state index in [1.54, 1.807) is 0 Å². The monoisotopic (exact) mass is 223 g/mol. The van der Waals surface area contributed by atoms with Crippen molar-refractivity contribution in [3.8, 4) is 0 Å². The summed E-state index contributed by atoms with van der Waals surface area (Å²) >= 11 is 0. The number of H-pyrrole nitrogens is 1. The highest BCUT2D eigenvalue weighted by molar-refractivity contribution is 5.93. The second-order valence-electron chi connectivity index (χ2n) is 3.85. The standard InChI is InChI=1S/C11H17N3O2/c1-14(2)7-3-6-12-11(16)9-4-5-10(15)13-8-9/h4-5,8H,3,6-7H2,1-2H3,(H,12,16)(H,13,15). The molecule has 0 unspecified atom stereocenters. The number of rotatable bonds is 5. The Morgan fingerprint density at radius 3 is 2.75 bits per heavy atom. The number of nitrogens with one attached hydrogen (secondary N) is 2. The minimum absolute atomic E-state index is 0.157. The summed E-state index contributed by atoms with van der Waals surface area (Å²) in [6.45, 7) is 1.57. The molecule has 1 amide bonds. The van der Waals surface area contributed by atoms with Gasteiger partial charge in [0.15, 0.2) is 0 Å². The van der Waals surface area contributed by atoms with E-state index in [1.165, 1.54) is 18.3 Å². The van der Waals surface area contributed by atoms with Crippen LogP contribution >= 0.6 is 0 Å². The van der Waals surface area contributed by atoms with Gasteiger partial charge in [-0.15, -0.1) is 0 Å². The SMILES string of the molecule is CN(C)CCCNC(=O)c1ccc(=O)[nH]c1. The van der Waals surface area contributed by atoms with Crippen molar-refractivity contribution in [2.24, 2.45) is 0 Å². The third-order valence-corrected chi connectivity index (χ3v) is 2.11. The van der Waals surface area contributed by atoms with Crippen molar-refractivity contribution in [2.45, 2.75) is 6.42 Å². The van der Waals surface area contributed by atoms with E-state index in [2.05, 4.69) is 15.2 Å². The van der Waals surface area contributed by atoms with E-state index in [4.69, 9.17) is 0 Å². The van der Waals surface area contributed by atoms with Gasteiger partial charge in [-0.3, -0.25) is 9.59 Å². The quantitative estimate of drug-likeness (QED) is 0.694. The van der Waals surface area contributed by atoms with Crippen molar-refractivity contribution >= 4 is 5.91 Å². The van der Waals surface area contributed by atoms with Crippen LogP contribution in [-0.2, 0) is 0 Å². The van der Waals surface area contributed by atoms with Gasteiger partial charge in [0.25, 0.3) is 5.91 Å². The summed E-state index contributed by atoms with van der Waals surface area (Å²) in [5.41, 5.74) is 0.272. The lowest BCUT2D eigenvalue weighted by Gasteiger charge is -2.09. The molecular formula is C11H17N3O2. The van der Waals surface area contributed by atoms with Crippen molar-refractivity contribution in [1.29, 1.82) is 0 Å². The van der Waals surface area contributed by atoms with Crippen molar-refractivity contribution in [2.75, 3.05) is 27.2 Å². The number of aromatic amines is 1. The maximum Gasteiger partial charge on any atom is 0.252 e. The molecule has 0 saturated heterocycles. The van der Waals surface area contributed by atoms with E-state index in [0.29, 0.717) is 12.1 Å². The van der Waals surface area contributed by atoms with Gasteiger partial charge in [0, 0.05) is 18.8 Å². The van der Waals surface area contributed by atoms with Crippen LogP contribution in [0.2, 0.25) is 0 Å². The molecule has 0 aliphatic rings. The highest BCUT2D eigenvalue weighted by Crippen LogP contribution is 1.92. The number of hydrogen-bond donors (Lipinski definition) is 2. The van der Waals surface area contributed by atoms with Crippen LogP contribution in [-0.4, -0.2) is 43.0 Å². The number of amides is 1. The summed E-state index contributed by atoms with van der Waals surface area (Å²) in [7, 11) is 3.98. The molecule has 0 atom stereocenters. The van der Waals surface area contributed by atoms with Crippen molar-refractivity contribution in [3.63, 3.8) is 0 Å². The summed E-state index contributed by atoms with van der Waals surface area (Å²) in [5, 5.41) is 2.79. The van der Waals surface area contributed by atoms with E-state index in [0.717, 1.165) is 13.0 Å². The fraction of sp³-hybridized carbons (Fsp3) is 0.455. The summed E-state index contributed by atoms with van der Waals surface area (Å²) < 4.78 is 0. The third kappa shape index (κ3) is 4.27. The molecule has 1 aromatic heterocycles. The van der Waals surface area contributed by atoms with E-state index in [9.17, 15) is 9.59 Å². The van der Waals surface area contributed by atoms with Crippen LogP contribution in [0.4, 0.5) is 0 Å². The lowest BCUT2D eigenvalue weighted by molar-refractivity contribution is 0.0952. The average molecular weight is 223 g/mol. The number of carbonyl (C=O) groups is 1. The van der Waals surface area contributed by atoms with Crippen molar-refractivity contribution in [1.82, 2.24) is 15.2 Å². The third-order valence-electron chi connectivity index (χ3n) is 2.11. The second kappa shape index (κ2) is 6.07. The van der Waals surface area contributed by atoms with Crippen LogP contribution in [0.5, 0.6) is 0 Å². The lowest BCUT2D eigenvalue weighted by Crippen LogP contribution is -2.27. The van der Waals surface area contributed by atoms with Gasteiger partial charge in [-0.05, 0) is 33.1 Å². The molecule has 5 nitrogen and oxygen atoms in total.